The molecule has 1 fully saturated rings. The molecule has 2 rings (SSSR count). The van der Waals surface area contributed by atoms with Crippen LogP contribution in [0.5, 0.6) is 11.5 Å². The molecule has 0 unspecified atom stereocenters. The van der Waals surface area contributed by atoms with Gasteiger partial charge >= 0.3 is 0 Å². The molecule has 1 aliphatic rings. The summed E-state index contributed by atoms with van der Waals surface area (Å²) >= 11 is 0. The third-order valence-electron chi connectivity index (χ3n) is 3.44. The van der Waals surface area contributed by atoms with Gasteiger partial charge in [0, 0.05) is 13.1 Å². The molecule has 1 saturated carbocycles. The summed E-state index contributed by atoms with van der Waals surface area (Å²) in [7, 11) is 1.75. The van der Waals surface area contributed by atoms with E-state index in [1.54, 1.807) is 18.0 Å². The first kappa shape index (κ1) is 11.8. The van der Waals surface area contributed by atoms with Crippen molar-refractivity contribution in [3.63, 3.8) is 0 Å². The van der Waals surface area contributed by atoms with E-state index in [1.165, 1.54) is 12.1 Å². The molecule has 17 heavy (non-hydrogen) atoms. The van der Waals surface area contributed by atoms with Crippen LogP contribution in [-0.2, 0) is 0 Å². The lowest BCUT2D eigenvalue weighted by molar-refractivity contribution is 0.0731. The molecule has 92 valence electrons. The number of phenolic OH excluding ortho intramolecular Hbond substituents is 2. The van der Waals surface area contributed by atoms with Crippen molar-refractivity contribution in [2.75, 3.05) is 7.05 Å². The third kappa shape index (κ3) is 2.20. The monoisotopic (exact) mass is 235 g/mol. The van der Waals surface area contributed by atoms with Crippen LogP contribution in [0.3, 0.4) is 0 Å². The predicted octanol–water partition coefficient (Wildman–Crippen LogP) is 2.11. The summed E-state index contributed by atoms with van der Waals surface area (Å²) in [5.74, 6) is -0.816. The van der Waals surface area contributed by atoms with Crippen molar-refractivity contribution in [3.05, 3.63) is 23.8 Å². The largest absolute Gasteiger partial charge is 0.504 e. The smallest absolute Gasteiger partial charge is 0.257 e. The highest BCUT2D eigenvalue weighted by Crippen LogP contribution is 2.31. The van der Waals surface area contributed by atoms with Gasteiger partial charge in [0.25, 0.3) is 5.91 Å². The Morgan fingerprint density at radius 2 is 1.94 bits per heavy atom. The van der Waals surface area contributed by atoms with Gasteiger partial charge in [0.1, 0.15) is 0 Å². The Hall–Kier alpha value is -1.71. The van der Waals surface area contributed by atoms with Crippen LogP contribution in [0.25, 0.3) is 0 Å². The number of para-hydroxylation sites is 1. The number of hydrogen-bond acceptors (Lipinski definition) is 3. The van der Waals surface area contributed by atoms with Gasteiger partial charge < -0.3 is 15.1 Å². The Kier molecular flexibility index (Phi) is 3.22. The minimum atomic E-state index is -0.331. The second-order valence-corrected chi connectivity index (χ2v) is 4.53. The number of carbonyl (C=O) groups excluding carboxylic acids is 1. The lowest BCUT2D eigenvalue weighted by Crippen LogP contribution is -2.35. The Morgan fingerprint density at radius 1 is 1.29 bits per heavy atom. The van der Waals surface area contributed by atoms with Gasteiger partial charge in [-0.15, -0.1) is 0 Å². The number of amides is 1. The Labute approximate surface area is 100 Å². The summed E-state index contributed by atoms with van der Waals surface area (Å²) in [6.07, 6.45) is 4.33. The van der Waals surface area contributed by atoms with Crippen molar-refractivity contribution >= 4 is 5.91 Å². The molecule has 0 heterocycles. The summed E-state index contributed by atoms with van der Waals surface area (Å²) in [5.41, 5.74) is 0.166. The molecule has 0 spiro atoms. The van der Waals surface area contributed by atoms with Gasteiger partial charge in [-0.05, 0) is 25.0 Å². The molecule has 0 aromatic heterocycles. The number of benzene rings is 1. The summed E-state index contributed by atoms with van der Waals surface area (Å²) in [6, 6.07) is 4.71. The van der Waals surface area contributed by atoms with E-state index in [1.807, 2.05) is 0 Å². The van der Waals surface area contributed by atoms with Gasteiger partial charge in [-0.3, -0.25) is 4.79 Å². The molecular formula is C13H17NO3. The van der Waals surface area contributed by atoms with Crippen LogP contribution in [0.2, 0.25) is 0 Å². The fourth-order valence-corrected chi connectivity index (χ4v) is 2.35. The fourth-order valence-electron chi connectivity index (χ4n) is 2.35. The summed E-state index contributed by atoms with van der Waals surface area (Å²) in [6.45, 7) is 0. The molecule has 0 radical (unpaired) electrons. The standard InChI is InChI=1S/C13H17NO3/c1-14(9-5-2-3-6-9)13(17)10-7-4-8-11(15)12(10)16/h4,7-9,15-16H,2-3,5-6H2,1H3. The van der Waals surface area contributed by atoms with E-state index in [4.69, 9.17) is 0 Å². The van der Waals surface area contributed by atoms with Gasteiger partial charge in [0.2, 0.25) is 0 Å². The average Bonchev–Trinajstić information content (AvgIpc) is 2.84. The van der Waals surface area contributed by atoms with Crippen molar-refractivity contribution in [1.29, 1.82) is 0 Å². The average molecular weight is 235 g/mol. The van der Waals surface area contributed by atoms with Gasteiger partial charge in [0.05, 0.1) is 5.56 Å². The lowest BCUT2D eigenvalue weighted by atomic mass is 10.1. The minimum Gasteiger partial charge on any atom is -0.504 e. The molecule has 1 aromatic rings. The van der Waals surface area contributed by atoms with E-state index in [2.05, 4.69) is 0 Å². The van der Waals surface area contributed by atoms with E-state index >= 15 is 0 Å². The van der Waals surface area contributed by atoms with Crippen LogP contribution < -0.4 is 0 Å². The van der Waals surface area contributed by atoms with Gasteiger partial charge in [0.15, 0.2) is 11.5 Å². The van der Waals surface area contributed by atoms with Crippen molar-refractivity contribution in [3.8, 4) is 11.5 Å². The van der Waals surface area contributed by atoms with Crippen LogP contribution in [0.4, 0.5) is 0 Å². The van der Waals surface area contributed by atoms with Crippen LogP contribution in [-0.4, -0.2) is 34.1 Å². The molecule has 4 heteroatoms. The molecule has 0 aliphatic heterocycles. The Balaban J connectivity index is 2.21. The summed E-state index contributed by atoms with van der Waals surface area (Å²) < 4.78 is 0. The Bertz CT molecular complexity index is 425. The van der Waals surface area contributed by atoms with Crippen molar-refractivity contribution in [1.82, 2.24) is 4.90 Å². The molecule has 1 aromatic carbocycles. The van der Waals surface area contributed by atoms with E-state index in [0.717, 1.165) is 25.7 Å². The quantitative estimate of drug-likeness (QED) is 0.772. The number of phenols is 2. The molecular weight excluding hydrogens is 218 g/mol. The highest BCUT2D eigenvalue weighted by molar-refractivity contribution is 5.97. The van der Waals surface area contributed by atoms with Crippen molar-refractivity contribution in [2.45, 2.75) is 31.7 Å². The minimum absolute atomic E-state index is 0.166. The first-order valence-corrected chi connectivity index (χ1v) is 5.89. The third-order valence-corrected chi connectivity index (χ3v) is 3.44. The maximum absolute atomic E-state index is 12.2. The van der Waals surface area contributed by atoms with Crippen molar-refractivity contribution in [2.24, 2.45) is 0 Å². The molecule has 1 amide bonds. The van der Waals surface area contributed by atoms with E-state index in [9.17, 15) is 15.0 Å². The number of carbonyl (C=O) groups is 1. The van der Waals surface area contributed by atoms with E-state index in [-0.39, 0.29) is 29.0 Å². The van der Waals surface area contributed by atoms with Crippen molar-refractivity contribution < 1.29 is 15.0 Å². The highest BCUT2D eigenvalue weighted by Gasteiger charge is 2.26. The molecule has 4 nitrogen and oxygen atoms in total. The van der Waals surface area contributed by atoms with Gasteiger partial charge in [-0.25, -0.2) is 0 Å². The number of hydrogen-bond donors (Lipinski definition) is 2. The molecule has 0 bridgehead atoms. The number of rotatable bonds is 2. The lowest BCUT2D eigenvalue weighted by Gasteiger charge is -2.24. The zero-order valence-electron chi connectivity index (χ0n) is 9.89. The highest BCUT2D eigenvalue weighted by atomic mass is 16.3. The molecule has 0 atom stereocenters. The molecule has 2 N–H and O–H groups in total. The maximum Gasteiger partial charge on any atom is 0.257 e. The van der Waals surface area contributed by atoms with Crippen LogP contribution in [0.15, 0.2) is 18.2 Å². The van der Waals surface area contributed by atoms with Gasteiger partial charge in [-0.2, -0.15) is 0 Å². The zero-order chi connectivity index (χ0) is 12.4. The second kappa shape index (κ2) is 4.65. The van der Waals surface area contributed by atoms with Gasteiger partial charge in [-0.1, -0.05) is 18.9 Å². The fraction of sp³-hybridized carbons (Fsp3) is 0.462. The van der Waals surface area contributed by atoms with E-state index < -0.39 is 0 Å². The maximum atomic E-state index is 12.2. The second-order valence-electron chi connectivity index (χ2n) is 4.53. The number of aromatic hydroxyl groups is 2. The van der Waals surface area contributed by atoms with Crippen LogP contribution >= 0.6 is 0 Å². The normalized spacial score (nSPS) is 16.1. The first-order valence-electron chi connectivity index (χ1n) is 5.89. The first-order chi connectivity index (χ1) is 8.11. The van der Waals surface area contributed by atoms with Crippen LogP contribution in [0.1, 0.15) is 36.0 Å². The zero-order valence-corrected chi connectivity index (χ0v) is 9.89. The predicted molar refractivity (Wildman–Crippen MR) is 64.1 cm³/mol. The molecule has 1 aliphatic carbocycles. The van der Waals surface area contributed by atoms with Crippen LogP contribution in [0, 0.1) is 0 Å². The summed E-state index contributed by atoms with van der Waals surface area (Å²) in [4.78, 5) is 13.8. The summed E-state index contributed by atoms with van der Waals surface area (Å²) in [5, 5.41) is 19.0. The Morgan fingerprint density at radius 3 is 2.59 bits per heavy atom. The topological polar surface area (TPSA) is 60.8 Å². The molecule has 0 saturated heterocycles. The number of nitrogens with zero attached hydrogens (tertiary/aromatic N) is 1. The SMILES string of the molecule is CN(C(=O)c1cccc(O)c1O)C1CCCC1. The van der Waals surface area contributed by atoms with E-state index in [0.29, 0.717) is 0 Å².